The van der Waals surface area contributed by atoms with E-state index in [1.807, 2.05) is 4.90 Å². The van der Waals surface area contributed by atoms with Crippen LogP contribution in [0.25, 0.3) is 0 Å². The van der Waals surface area contributed by atoms with Gasteiger partial charge in [0.1, 0.15) is 5.75 Å². The molecule has 1 aromatic rings. The van der Waals surface area contributed by atoms with Gasteiger partial charge >= 0.3 is 0 Å². The van der Waals surface area contributed by atoms with Crippen LogP contribution in [0.4, 0.5) is 0 Å². The van der Waals surface area contributed by atoms with Crippen molar-refractivity contribution >= 4 is 5.91 Å². The molecule has 1 heterocycles. The van der Waals surface area contributed by atoms with Gasteiger partial charge in [-0.05, 0) is 78.5 Å². The molecule has 3 rings (SSSR count). The molecule has 0 spiro atoms. The molecule has 29 heavy (non-hydrogen) atoms. The molecule has 3 nitrogen and oxygen atoms in total. The van der Waals surface area contributed by atoms with Crippen molar-refractivity contribution in [1.29, 1.82) is 0 Å². The van der Waals surface area contributed by atoms with Crippen LogP contribution in [0.3, 0.4) is 0 Å². The zero-order valence-corrected chi connectivity index (χ0v) is 19.5. The van der Waals surface area contributed by atoms with Crippen LogP contribution in [0.1, 0.15) is 91.2 Å². The molecule has 1 aromatic carbocycles. The number of hydrogen-bond donors (Lipinski definition) is 0. The number of benzene rings is 1. The number of rotatable bonds is 4. The van der Waals surface area contributed by atoms with Crippen molar-refractivity contribution < 1.29 is 9.53 Å². The molecule has 0 atom stereocenters. The molecule has 0 radical (unpaired) electrons. The summed E-state index contributed by atoms with van der Waals surface area (Å²) in [6.07, 6.45) is 7.74. The van der Waals surface area contributed by atoms with E-state index in [4.69, 9.17) is 4.74 Å². The fourth-order valence-electron chi connectivity index (χ4n) is 4.69. The molecule has 0 bridgehead atoms. The minimum Gasteiger partial charge on any atom is -0.490 e. The first-order valence-corrected chi connectivity index (χ1v) is 11.6. The molecule has 1 aliphatic carbocycles. The highest BCUT2D eigenvalue weighted by atomic mass is 16.5. The fourth-order valence-corrected chi connectivity index (χ4v) is 4.69. The van der Waals surface area contributed by atoms with Crippen LogP contribution in [0.2, 0.25) is 0 Å². The normalized spacial score (nSPS) is 22.9. The third-order valence-corrected chi connectivity index (χ3v) is 6.83. The molecule has 0 N–H and O–H groups in total. The van der Waals surface area contributed by atoms with Gasteiger partial charge in [-0.15, -0.1) is 0 Å². The van der Waals surface area contributed by atoms with Crippen LogP contribution in [0.5, 0.6) is 5.75 Å². The van der Waals surface area contributed by atoms with Crippen molar-refractivity contribution in [3.63, 3.8) is 0 Å². The lowest BCUT2D eigenvalue weighted by molar-refractivity contribution is -0.132. The number of amides is 1. The zero-order valence-electron chi connectivity index (χ0n) is 19.5. The van der Waals surface area contributed by atoms with Crippen molar-refractivity contribution in [3.05, 3.63) is 29.3 Å². The Hall–Kier alpha value is -1.51. The molecule has 0 aromatic heterocycles. The molecular weight excluding hydrogens is 358 g/mol. The third kappa shape index (κ3) is 6.23. The maximum atomic E-state index is 12.6. The summed E-state index contributed by atoms with van der Waals surface area (Å²) in [6, 6.07) is 6.51. The summed E-state index contributed by atoms with van der Waals surface area (Å²) >= 11 is 0. The number of carbonyl (C=O) groups excluding carboxylic acids is 1. The van der Waals surface area contributed by atoms with E-state index in [0.717, 1.165) is 50.4 Å². The summed E-state index contributed by atoms with van der Waals surface area (Å²) in [5.41, 5.74) is 3.25. The standard InChI is InChI=1S/C26H41NO2/c1-25(2,3)15-13-24(28)27-16-14-19-17-23(10-7-20(19)18-27)29-22-11-8-21(9-12-22)26(4,5)6/h7,10,17,21-22H,8-9,11-16,18H2,1-6H3/t21-,22-. The van der Waals surface area contributed by atoms with Crippen molar-refractivity contribution in [3.8, 4) is 5.75 Å². The van der Waals surface area contributed by atoms with Gasteiger partial charge in [-0.3, -0.25) is 4.79 Å². The Balaban J connectivity index is 1.53. The Morgan fingerprint density at radius 3 is 2.34 bits per heavy atom. The van der Waals surface area contributed by atoms with Gasteiger partial charge in [-0.25, -0.2) is 0 Å². The molecule has 1 aliphatic heterocycles. The minimum atomic E-state index is 0.210. The average molecular weight is 400 g/mol. The number of carbonyl (C=O) groups is 1. The van der Waals surface area contributed by atoms with Gasteiger partial charge in [-0.2, -0.15) is 0 Å². The molecule has 1 amide bonds. The summed E-state index contributed by atoms with van der Waals surface area (Å²) < 4.78 is 6.35. The number of hydrogen-bond acceptors (Lipinski definition) is 2. The van der Waals surface area contributed by atoms with Gasteiger partial charge in [-0.1, -0.05) is 47.6 Å². The molecule has 3 heteroatoms. The van der Waals surface area contributed by atoms with E-state index in [-0.39, 0.29) is 5.41 Å². The first-order chi connectivity index (χ1) is 13.5. The maximum absolute atomic E-state index is 12.6. The van der Waals surface area contributed by atoms with E-state index in [2.05, 4.69) is 59.7 Å². The Labute approximate surface area is 178 Å². The lowest BCUT2D eigenvalue weighted by Crippen LogP contribution is -2.36. The van der Waals surface area contributed by atoms with Gasteiger partial charge < -0.3 is 9.64 Å². The minimum absolute atomic E-state index is 0.210. The molecule has 1 fully saturated rings. The smallest absolute Gasteiger partial charge is 0.222 e. The number of ether oxygens (including phenoxy) is 1. The molecule has 1 saturated carbocycles. The molecule has 162 valence electrons. The van der Waals surface area contributed by atoms with E-state index >= 15 is 0 Å². The topological polar surface area (TPSA) is 29.5 Å². The molecule has 2 aliphatic rings. The van der Waals surface area contributed by atoms with Crippen LogP contribution < -0.4 is 4.74 Å². The predicted molar refractivity (Wildman–Crippen MR) is 120 cm³/mol. The van der Waals surface area contributed by atoms with E-state index in [1.165, 1.54) is 24.0 Å². The highest BCUT2D eigenvalue weighted by Gasteiger charge is 2.30. The average Bonchev–Trinajstić information content (AvgIpc) is 2.65. The van der Waals surface area contributed by atoms with E-state index in [1.54, 1.807) is 0 Å². The fraction of sp³-hybridized carbons (Fsp3) is 0.731. The Morgan fingerprint density at radius 2 is 1.72 bits per heavy atom. The summed E-state index contributed by atoms with van der Waals surface area (Å²) in [4.78, 5) is 14.6. The SMILES string of the molecule is CC(C)(C)CCC(=O)N1CCc2cc(O[C@H]3CC[C@H](C(C)(C)C)CC3)ccc2C1. The van der Waals surface area contributed by atoms with Gasteiger partial charge in [0, 0.05) is 19.5 Å². The molecule has 0 unspecified atom stereocenters. The van der Waals surface area contributed by atoms with E-state index in [0.29, 0.717) is 23.8 Å². The first kappa shape index (κ1) is 22.2. The van der Waals surface area contributed by atoms with Crippen molar-refractivity contribution in [2.45, 2.75) is 99.1 Å². The van der Waals surface area contributed by atoms with Gasteiger partial charge in [0.15, 0.2) is 0 Å². The monoisotopic (exact) mass is 399 g/mol. The lowest BCUT2D eigenvalue weighted by atomic mass is 9.72. The van der Waals surface area contributed by atoms with Gasteiger partial charge in [0.25, 0.3) is 0 Å². The number of nitrogens with zero attached hydrogens (tertiary/aromatic N) is 1. The van der Waals surface area contributed by atoms with Gasteiger partial charge in [0.2, 0.25) is 5.91 Å². The Morgan fingerprint density at radius 1 is 1.03 bits per heavy atom. The van der Waals surface area contributed by atoms with Crippen LogP contribution in [0, 0.1) is 16.7 Å². The highest BCUT2D eigenvalue weighted by Crippen LogP contribution is 2.39. The molecule has 0 saturated heterocycles. The number of fused-ring (bicyclic) bond motifs is 1. The van der Waals surface area contributed by atoms with Crippen molar-refractivity contribution in [2.24, 2.45) is 16.7 Å². The third-order valence-electron chi connectivity index (χ3n) is 6.83. The van der Waals surface area contributed by atoms with Gasteiger partial charge in [0.05, 0.1) is 6.10 Å². The quantitative estimate of drug-likeness (QED) is 0.588. The van der Waals surface area contributed by atoms with Crippen molar-refractivity contribution in [2.75, 3.05) is 6.54 Å². The second kappa shape index (κ2) is 8.70. The summed E-state index contributed by atoms with van der Waals surface area (Å²) in [7, 11) is 0. The van der Waals surface area contributed by atoms with E-state index in [9.17, 15) is 4.79 Å². The van der Waals surface area contributed by atoms with Crippen LogP contribution >= 0.6 is 0 Å². The summed E-state index contributed by atoms with van der Waals surface area (Å²) in [5, 5.41) is 0. The summed E-state index contributed by atoms with van der Waals surface area (Å²) in [5.74, 6) is 2.12. The Bertz CT molecular complexity index is 702. The van der Waals surface area contributed by atoms with Crippen LogP contribution in [0.15, 0.2) is 18.2 Å². The largest absolute Gasteiger partial charge is 0.490 e. The summed E-state index contributed by atoms with van der Waals surface area (Å²) in [6.45, 7) is 15.2. The Kier molecular flexibility index (Phi) is 6.65. The maximum Gasteiger partial charge on any atom is 0.222 e. The second-order valence-electron chi connectivity index (χ2n) is 11.5. The lowest BCUT2D eigenvalue weighted by Gasteiger charge is -2.37. The van der Waals surface area contributed by atoms with Crippen LogP contribution in [-0.4, -0.2) is 23.5 Å². The van der Waals surface area contributed by atoms with E-state index < -0.39 is 0 Å². The second-order valence-corrected chi connectivity index (χ2v) is 11.5. The van der Waals surface area contributed by atoms with Crippen molar-refractivity contribution in [1.82, 2.24) is 4.90 Å². The molecular formula is C26H41NO2. The van der Waals surface area contributed by atoms with Crippen LogP contribution in [-0.2, 0) is 17.8 Å². The predicted octanol–water partition coefficient (Wildman–Crippen LogP) is 6.38. The highest BCUT2D eigenvalue weighted by molar-refractivity contribution is 5.76. The first-order valence-electron chi connectivity index (χ1n) is 11.6. The zero-order chi connectivity index (χ0) is 21.2.